The minimum atomic E-state index is -0.446. The molecule has 0 unspecified atom stereocenters. The molecule has 0 bridgehead atoms. The van der Waals surface area contributed by atoms with E-state index in [1.54, 1.807) is 38.1 Å². The molecule has 2 aromatic carbocycles. The number of halogens is 1. The highest BCUT2D eigenvalue weighted by atomic mass is 79.9. The zero-order chi connectivity index (χ0) is 19.1. The lowest BCUT2D eigenvalue weighted by molar-refractivity contribution is -0.118. The summed E-state index contributed by atoms with van der Waals surface area (Å²) in [6.45, 7) is 3.36. The first-order valence-electron chi connectivity index (χ1n) is 7.96. The van der Waals surface area contributed by atoms with Crippen molar-refractivity contribution < 1.29 is 23.8 Å². The van der Waals surface area contributed by atoms with Gasteiger partial charge in [0.25, 0.3) is 5.91 Å². The van der Waals surface area contributed by atoms with Crippen molar-refractivity contribution in [3.63, 3.8) is 0 Å². The second kappa shape index (κ2) is 9.24. The molecule has 0 saturated carbocycles. The summed E-state index contributed by atoms with van der Waals surface area (Å²) in [6.07, 6.45) is -0.216. The van der Waals surface area contributed by atoms with Crippen molar-refractivity contribution in [3.8, 4) is 11.5 Å². The van der Waals surface area contributed by atoms with Gasteiger partial charge >= 0.3 is 5.97 Å². The van der Waals surface area contributed by atoms with Gasteiger partial charge in [0.15, 0.2) is 18.1 Å². The van der Waals surface area contributed by atoms with Crippen molar-refractivity contribution in [1.29, 1.82) is 0 Å². The van der Waals surface area contributed by atoms with Crippen molar-refractivity contribution in [1.82, 2.24) is 0 Å². The fourth-order valence-corrected chi connectivity index (χ4v) is 2.33. The Labute approximate surface area is 160 Å². The number of benzene rings is 2. The van der Waals surface area contributed by atoms with Gasteiger partial charge in [-0.2, -0.15) is 0 Å². The standard InChI is InChI=1S/C19H20BrNO5/c1-12(2)26-19(23)13-4-9-16(17(10-13)24-3)25-11-18(22)21-15-7-5-14(20)6-8-15/h4-10,12H,11H2,1-3H3,(H,21,22). The highest BCUT2D eigenvalue weighted by Crippen LogP contribution is 2.28. The highest BCUT2D eigenvalue weighted by molar-refractivity contribution is 9.10. The van der Waals surface area contributed by atoms with E-state index >= 15 is 0 Å². The number of nitrogens with one attached hydrogen (secondary N) is 1. The van der Waals surface area contributed by atoms with Crippen LogP contribution in [0.1, 0.15) is 24.2 Å². The second-order valence-electron chi connectivity index (χ2n) is 5.66. The van der Waals surface area contributed by atoms with E-state index in [2.05, 4.69) is 21.2 Å². The summed E-state index contributed by atoms with van der Waals surface area (Å²) >= 11 is 3.33. The third-order valence-electron chi connectivity index (χ3n) is 3.23. The van der Waals surface area contributed by atoms with Gasteiger partial charge in [0, 0.05) is 10.2 Å². The fourth-order valence-electron chi connectivity index (χ4n) is 2.07. The van der Waals surface area contributed by atoms with Crippen LogP contribution in [0.2, 0.25) is 0 Å². The molecule has 1 N–H and O–H groups in total. The summed E-state index contributed by atoms with van der Waals surface area (Å²) in [4.78, 5) is 23.9. The molecule has 2 rings (SSSR count). The smallest absolute Gasteiger partial charge is 0.338 e. The molecule has 0 aromatic heterocycles. The molecule has 0 saturated heterocycles. The highest BCUT2D eigenvalue weighted by Gasteiger charge is 2.14. The van der Waals surface area contributed by atoms with E-state index in [0.717, 1.165) is 4.47 Å². The maximum atomic E-state index is 12.0. The molecule has 7 heteroatoms. The second-order valence-corrected chi connectivity index (χ2v) is 6.58. The van der Waals surface area contributed by atoms with Crippen molar-refractivity contribution in [2.45, 2.75) is 20.0 Å². The number of hydrogen-bond acceptors (Lipinski definition) is 5. The van der Waals surface area contributed by atoms with E-state index in [4.69, 9.17) is 14.2 Å². The Morgan fingerprint density at radius 3 is 2.38 bits per heavy atom. The van der Waals surface area contributed by atoms with E-state index < -0.39 is 5.97 Å². The van der Waals surface area contributed by atoms with E-state index in [-0.39, 0.29) is 18.6 Å². The van der Waals surface area contributed by atoms with Crippen LogP contribution >= 0.6 is 15.9 Å². The van der Waals surface area contributed by atoms with Crippen molar-refractivity contribution in [2.24, 2.45) is 0 Å². The monoisotopic (exact) mass is 421 g/mol. The number of carbonyl (C=O) groups excluding carboxylic acids is 2. The lowest BCUT2D eigenvalue weighted by Gasteiger charge is -2.13. The normalized spacial score (nSPS) is 10.3. The van der Waals surface area contributed by atoms with E-state index in [1.807, 2.05) is 12.1 Å². The SMILES string of the molecule is COc1cc(C(=O)OC(C)C)ccc1OCC(=O)Nc1ccc(Br)cc1. The number of amides is 1. The van der Waals surface area contributed by atoms with Crippen molar-refractivity contribution in [2.75, 3.05) is 19.0 Å². The molecule has 2 aromatic rings. The predicted octanol–water partition coefficient (Wildman–Crippen LogP) is 4.04. The van der Waals surface area contributed by atoms with Gasteiger partial charge in [0.2, 0.25) is 0 Å². The number of anilines is 1. The molecule has 0 aliphatic heterocycles. The van der Waals surface area contributed by atoms with Crippen molar-refractivity contribution >= 4 is 33.5 Å². The minimum absolute atomic E-state index is 0.192. The number of rotatable bonds is 7. The van der Waals surface area contributed by atoms with Gasteiger partial charge in [0.1, 0.15) is 0 Å². The van der Waals surface area contributed by atoms with Gasteiger partial charge in [-0.05, 0) is 56.3 Å². The van der Waals surface area contributed by atoms with Gasteiger partial charge in [-0.15, -0.1) is 0 Å². The van der Waals surface area contributed by atoms with Crippen LogP contribution in [-0.2, 0) is 9.53 Å². The molecule has 0 aliphatic carbocycles. The molecule has 0 fully saturated rings. The summed E-state index contributed by atoms with van der Waals surface area (Å²) in [5, 5.41) is 2.73. The van der Waals surface area contributed by atoms with Gasteiger partial charge in [-0.25, -0.2) is 4.79 Å². The zero-order valence-corrected chi connectivity index (χ0v) is 16.3. The first kappa shape index (κ1) is 19.8. The minimum Gasteiger partial charge on any atom is -0.493 e. The number of methoxy groups -OCH3 is 1. The molecular formula is C19H20BrNO5. The fraction of sp³-hybridized carbons (Fsp3) is 0.263. The van der Waals surface area contributed by atoms with E-state index in [1.165, 1.54) is 13.2 Å². The van der Waals surface area contributed by atoms with E-state index in [9.17, 15) is 9.59 Å². The number of carbonyl (C=O) groups is 2. The Kier molecular flexibility index (Phi) is 7.03. The van der Waals surface area contributed by atoms with Crippen LogP contribution in [0.4, 0.5) is 5.69 Å². The van der Waals surface area contributed by atoms with Crippen molar-refractivity contribution in [3.05, 3.63) is 52.5 Å². The first-order valence-corrected chi connectivity index (χ1v) is 8.75. The Balaban J connectivity index is 1.99. The maximum Gasteiger partial charge on any atom is 0.338 e. The van der Waals surface area contributed by atoms with Crippen LogP contribution < -0.4 is 14.8 Å². The molecule has 0 spiro atoms. The Morgan fingerprint density at radius 1 is 1.08 bits per heavy atom. The van der Waals surface area contributed by atoms with Crippen LogP contribution in [0, 0.1) is 0 Å². The summed E-state index contributed by atoms with van der Waals surface area (Å²) < 4.78 is 16.8. The third-order valence-corrected chi connectivity index (χ3v) is 3.76. The van der Waals surface area contributed by atoms with Crippen LogP contribution in [0.5, 0.6) is 11.5 Å². The molecule has 6 nitrogen and oxygen atoms in total. The zero-order valence-electron chi connectivity index (χ0n) is 14.7. The summed E-state index contributed by atoms with van der Waals surface area (Å²) in [6, 6.07) is 11.9. The molecule has 26 heavy (non-hydrogen) atoms. The van der Waals surface area contributed by atoms with Gasteiger partial charge in [0.05, 0.1) is 18.8 Å². The topological polar surface area (TPSA) is 73.9 Å². The summed E-state index contributed by atoms with van der Waals surface area (Å²) in [5.41, 5.74) is 1.02. The van der Waals surface area contributed by atoms with Gasteiger partial charge in [-0.3, -0.25) is 4.79 Å². The molecule has 0 radical (unpaired) electrons. The summed E-state index contributed by atoms with van der Waals surface area (Å²) in [5.74, 6) is -0.0466. The predicted molar refractivity (Wildman–Crippen MR) is 102 cm³/mol. The summed E-state index contributed by atoms with van der Waals surface area (Å²) in [7, 11) is 1.46. The van der Waals surface area contributed by atoms with Crippen LogP contribution in [-0.4, -0.2) is 31.7 Å². The largest absolute Gasteiger partial charge is 0.493 e. The molecule has 138 valence electrons. The third kappa shape index (κ3) is 5.77. The van der Waals surface area contributed by atoms with Gasteiger partial charge < -0.3 is 19.5 Å². The molecular weight excluding hydrogens is 402 g/mol. The molecule has 0 heterocycles. The maximum absolute atomic E-state index is 12.0. The molecule has 1 amide bonds. The van der Waals surface area contributed by atoms with E-state index in [0.29, 0.717) is 22.7 Å². The van der Waals surface area contributed by atoms with Gasteiger partial charge in [-0.1, -0.05) is 15.9 Å². The quantitative estimate of drug-likeness (QED) is 0.682. The lowest BCUT2D eigenvalue weighted by Crippen LogP contribution is -2.20. The Morgan fingerprint density at radius 2 is 1.77 bits per heavy atom. The number of hydrogen-bond donors (Lipinski definition) is 1. The Hall–Kier alpha value is -2.54. The van der Waals surface area contributed by atoms with Crippen LogP contribution in [0.15, 0.2) is 46.9 Å². The van der Waals surface area contributed by atoms with Crippen LogP contribution in [0.3, 0.4) is 0 Å². The van der Waals surface area contributed by atoms with Crippen LogP contribution in [0.25, 0.3) is 0 Å². The number of ether oxygens (including phenoxy) is 3. The average molecular weight is 422 g/mol. The molecule has 0 aliphatic rings. The first-order chi connectivity index (χ1) is 12.4. The lowest BCUT2D eigenvalue weighted by atomic mass is 10.2. The Bertz CT molecular complexity index is 774. The average Bonchev–Trinajstić information content (AvgIpc) is 2.61. The number of esters is 1. The molecule has 0 atom stereocenters.